The minimum absolute atomic E-state index is 0.202. The molecule has 0 spiro atoms. The number of hydrogen-bond donors (Lipinski definition) is 0. The molecule has 0 aliphatic rings. The lowest BCUT2D eigenvalue weighted by atomic mass is 9.85. The minimum Gasteiger partial charge on any atom is -0.0614 e. The molecule has 0 N–H and O–H groups in total. The molecular weight excluding hydrogens is 216 g/mol. The van der Waals surface area contributed by atoms with E-state index in [2.05, 4.69) is 77.1 Å². The van der Waals surface area contributed by atoms with Crippen LogP contribution in [0.15, 0.2) is 42.5 Å². The second kappa shape index (κ2) is 4.61. The van der Waals surface area contributed by atoms with Crippen LogP contribution in [0.5, 0.6) is 0 Å². The summed E-state index contributed by atoms with van der Waals surface area (Å²) in [7, 11) is 0. The summed E-state index contributed by atoms with van der Waals surface area (Å²) >= 11 is 0. The van der Waals surface area contributed by atoms with Gasteiger partial charge in [-0.25, -0.2) is 0 Å². The molecule has 0 saturated heterocycles. The van der Waals surface area contributed by atoms with E-state index < -0.39 is 0 Å². The van der Waals surface area contributed by atoms with Crippen LogP contribution in [0, 0.1) is 13.8 Å². The Labute approximate surface area is 111 Å². The molecule has 0 unspecified atom stereocenters. The summed E-state index contributed by atoms with van der Waals surface area (Å²) < 4.78 is 0. The highest BCUT2D eigenvalue weighted by Crippen LogP contribution is 2.29. The predicted octanol–water partition coefficient (Wildman–Crippen LogP) is 5.27. The molecule has 0 saturated carbocycles. The first-order valence-electron chi connectivity index (χ1n) is 6.56. The highest BCUT2D eigenvalue weighted by Gasteiger charge is 2.14. The van der Waals surface area contributed by atoms with Crippen molar-refractivity contribution in [2.75, 3.05) is 0 Å². The van der Waals surface area contributed by atoms with Gasteiger partial charge in [-0.05, 0) is 41.5 Å². The monoisotopic (exact) mass is 238 g/mol. The fourth-order valence-corrected chi connectivity index (χ4v) is 2.20. The van der Waals surface area contributed by atoms with Gasteiger partial charge in [-0.2, -0.15) is 0 Å². The first-order valence-corrected chi connectivity index (χ1v) is 6.56. The van der Waals surface area contributed by atoms with Crippen molar-refractivity contribution in [3.8, 4) is 11.1 Å². The zero-order valence-electron chi connectivity index (χ0n) is 12.0. The molecular formula is C18H22. The maximum Gasteiger partial charge on any atom is -0.0132 e. The van der Waals surface area contributed by atoms with Crippen LogP contribution in [0.3, 0.4) is 0 Å². The van der Waals surface area contributed by atoms with Crippen molar-refractivity contribution in [2.24, 2.45) is 0 Å². The van der Waals surface area contributed by atoms with E-state index in [9.17, 15) is 0 Å². The molecule has 0 atom stereocenters. The van der Waals surface area contributed by atoms with E-state index in [1.165, 1.54) is 27.8 Å². The minimum atomic E-state index is 0.202. The maximum atomic E-state index is 2.32. The van der Waals surface area contributed by atoms with Crippen LogP contribution < -0.4 is 0 Å². The van der Waals surface area contributed by atoms with E-state index in [1.54, 1.807) is 0 Å². The van der Waals surface area contributed by atoms with E-state index in [0.717, 1.165) is 0 Å². The molecule has 0 heterocycles. The van der Waals surface area contributed by atoms with Gasteiger partial charge in [0.2, 0.25) is 0 Å². The fraction of sp³-hybridized carbons (Fsp3) is 0.333. The van der Waals surface area contributed by atoms with Crippen molar-refractivity contribution < 1.29 is 0 Å². The highest BCUT2D eigenvalue weighted by atomic mass is 14.2. The molecule has 0 aromatic heterocycles. The summed E-state index contributed by atoms with van der Waals surface area (Å²) in [5, 5.41) is 0. The summed E-state index contributed by atoms with van der Waals surface area (Å²) in [5.74, 6) is 0. The molecule has 2 aromatic rings. The first-order chi connectivity index (χ1) is 8.38. The quantitative estimate of drug-likeness (QED) is 0.635. The van der Waals surface area contributed by atoms with Gasteiger partial charge in [-0.1, -0.05) is 68.8 Å². The van der Waals surface area contributed by atoms with E-state index in [0.29, 0.717) is 0 Å². The third kappa shape index (κ3) is 2.64. The molecule has 2 rings (SSSR count). The van der Waals surface area contributed by atoms with Gasteiger partial charge in [0.15, 0.2) is 0 Å². The Morgan fingerprint density at radius 2 is 1.56 bits per heavy atom. The second-order valence-electron chi connectivity index (χ2n) is 6.15. The molecule has 0 fully saturated rings. The van der Waals surface area contributed by atoms with Crippen molar-refractivity contribution in [1.29, 1.82) is 0 Å². The zero-order valence-corrected chi connectivity index (χ0v) is 12.0. The number of rotatable bonds is 1. The van der Waals surface area contributed by atoms with Gasteiger partial charge < -0.3 is 0 Å². The van der Waals surface area contributed by atoms with E-state index in [4.69, 9.17) is 0 Å². The highest BCUT2D eigenvalue weighted by molar-refractivity contribution is 5.68. The standard InChI is InChI=1S/C18H22/c1-13-9-10-14(2)17(11-13)15-7-6-8-16(12-15)18(3,4)5/h6-12H,1-5H3. The smallest absolute Gasteiger partial charge is 0.0132 e. The molecule has 18 heavy (non-hydrogen) atoms. The average molecular weight is 238 g/mol. The lowest BCUT2D eigenvalue weighted by molar-refractivity contribution is 0.590. The Morgan fingerprint density at radius 3 is 2.22 bits per heavy atom. The Morgan fingerprint density at radius 1 is 0.833 bits per heavy atom. The van der Waals surface area contributed by atoms with Gasteiger partial charge in [0.1, 0.15) is 0 Å². The van der Waals surface area contributed by atoms with Gasteiger partial charge >= 0.3 is 0 Å². The lowest BCUT2D eigenvalue weighted by Crippen LogP contribution is -2.10. The Bertz CT molecular complexity index is 556. The van der Waals surface area contributed by atoms with Crippen molar-refractivity contribution in [1.82, 2.24) is 0 Å². The van der Waals surface area contributed by atoms with Crippen molar-refractivity contribution in [2.45, 2.75) is 40.0 Å². The topological polar surface area (TPSA) is 0 Å². The van der Waals surface area contributed by atoms with Crippen LogP contribution in [-0.4, -0.2) is 0 Å². The van der Waals surface area contributed by atoms with Crippen molar-refractivity contribution in [3.63, 3.8) is 0 Å². The Hall–Kier alpha value is -1.56. The van der Waals surface area contributed by atoms with Gasteiger partial charge in [0.25, 0.3) is 0 Å². The lowest BCUT2D eigenvalue weighted by Gasteiger charge is -2.20. The van der Waals surface area contributed by atoms with E-state index in [-0.39, 0.29) is 5.41 Å². The molecule has 0 nitrogen and oxygen atoms in total. The molecule has 0 heteroatoms. The summed E-state index contributed by atoms with van der Waals surface area (Å²) in [6, 6.07) is 15.6. The third-order valence-corrected chi connectivity index (χ3v) is 3.43. The first kappa shape index (κ1) is 12.9. The third-order valence-electron chi connectivity index (χ3n) is 3.43. The Balaban J connectivity index is 2.55. The molecule has 0 aliphatic carbocycles. The maximum absolute atomic E-state index is 2.32. The van der Waals surface area contributed by atoms with Crippen LogP contribution >= 0.6 is 0 Å². The summed E-state index contributed by atoms with van der Waals surface area (Å²) in [6.07, 6.45) is 0. The van der Waals surface area contributed by atoms with Gasteiger partial charge in [0, 0.05) is 0 Å². The molecule has 0 bridgehead atoms. The van der Waals surface area contributed by atoms with E-state index in [1.807, 2.05) is 0 Å². The van der Waals surface area contributed by atoms with E-state index >= 15 is 0 Å². The zero-order chi connectivity index (χ0) is 13.3. The summed E-state index contributed by atoms with van der Waals surface area (Å²) in [5.41, 5.74) is 6.92. The van der Waals surface area contributed by atoms with Crippen LogP contribution in [0.25, 0.3) is 11.1 Å². The van der Waals surface area contributed by atoms with Crippen molar-refractivity contribution >= 4 is 0 Å². The summed E-state index contributed by atoms with van der Waals surface area (Å²) in [4.78, 5) is 0. The largest absolute Gasteiger partial charge is 0.0614 e. The van der Waals surface area contributed by atoms with Gasteiger partial charge in [-0.3, -0.25) is 0 Å². The fourth-order valence-electron chi connectivity index (χ4n) is 2.20. The van der Waals surface area contributed by atoms with Crippen LogP contribution in [0.2, 0.25) is 0 Å². The molecule has 94 valence electrons. The van der Waals surface area contributed by atoms with Crippen molar-refractivity contribution in [3.05, 3.63) is 59.2 Å². The molecule has 0 aliphatic heterocycles. The van der Waals surface area contributed by atoms with Gasteiger partial charge in [-0.15, -0.1) is 0 Å². The predicted molar refractivity (Wildman–Crippen MR) is 80.1 cm³/mol. The molecule has 0 radical (unpaired) electrons. The number of aryl methyl sites for hydroxylation is 2. The van der Waals surface area contributed by atoms with Crippen LogP contribution in [0.4, 0.5) is 0 Å². The van der Waals surface area contributed by atoms with Crippen LogP contribution in [-0.2, 0) is 5.41 Å². The normalized spacial score (nSPS) is 11.6. The average Bonchev–Trinajstić information content (AvgIpc) is 2.31. The van der Waals surface area contributed by atoms with Crippen LogP contribution in [0.1, 0.15) is 37.5 Å². The number of benzene rings is 2. The second-order valence-corrected chi connectivity index (χ2v) is 6.15. The number of hydrogen-bond acceptors (Lipinski definition) is 0. The Kier molecular flexibility index (Phi) is 3.30. The SMILES string of the molecule is Cc1ccc(C)c(-c2cccc(C(C)(C)C)c2)c1. The van der Waals surface area contributed by atoms with Gasteiger partial charge in [0.05, 0.1) is 0 Å². The molecule has 2 aromatic carbocycles. The summed E-state index contributed by atoms with van der Waals surface area (Å²) in [6.45, 7) is 11.1. The molecule has 0 amide bonds.